The van der Waals surface area contributed by atoms with Crippen LogP contribution in [-0.2, 0) is 14.8 Å². The molecule has 0 amide bonds. The molecule has 0 rings (SSSR count). The molecular formula is C10H24N4O3S. The van der Waals surface area contributed by atoms with Gasteiger partial charge in [0.1, 0.15) is 0 Å². The molecule has 0 spiro atoms. The number of sulfonamides is 1. The number of nitrogens with zero attached hydrogens (tertiary/aromatic N) is 1. The number of hydrogen-bond donors (Lipinski definition) is 3. The van der Waals surface area contributed by atoms with E-state index < -0.39 is 10.0 Å². The van der Waals surface area contributed by atoms with Crippen LogP contribution in [0.4, 0.5) is 0 Å². The van der Waals surface area contributed by atoms with Gasteiger partial charge >= 0.3 is 0 Å². The first-order valence-electron chi connectivity index (χ1n) is 5.87. The van der Waals surface area contributed by atoms with Gasteiger partial charge in [0.25, 0.3) is 0 Å². The lowest BCUT2D eigenvalue weighted by Gasteiger charge is -2.16. The fraction of sp³-hybridized carbons (Fsp3) is 0.900. The second-order valence-electron chi connectivity index (χ2n) is 3.93. The van der Waals surface area contributed by atoms with Crippen molar-refractivity contribution < 1.29 is 13.2 Å². The predicted molar refractivity (Wildman–Crippen MR) is 73.3 cm³/mol. The molecule has 8 heteroatoms. The molecule has 0 aliphatic heterocycles. The van der Waals surface area contributed by atoms with Crippen LogP contribution in [0.25, 0.3) is 0 Å². The van der Waals surface area contributed by atoms with Crippen LogP contribution in [0.2, 0.25) is 0 Å². The highest BCUT2D eigenvalue weighted by Crippen LogP contribution is 1.83. The van der Waals surface area contributed by atoms with E-state index >= 15 is 0 Å². The van der Waals surface area contributed by atoms with Crippen molar-refractivity contribution in [1.29, 1.82) is 0 Å². The van der Waals surface area contributed by atoms with E-state index in [0.29, 0.717) is 19.1 Å². The fourth-order valence-electron chi connectivity index (χ4n) is 1.24. The quantitative estimate of drug-likeness (QED) is 0.305. The van der Waals surface area contributed by atoms with Gasteiger partial charge in [-0.1, -0.05) is 0 Å². The van der Waals surface area contributed by atoms with Gasteiger partial charge in [-0.25, -0.2) is 13.1 Å². The molecule has 7 nitrogen and oxygen atoms in total. The predicted octanol–water partition coefficient (Wildman–Crippen LogP) is -0.874. The van der Waals surface area contributed by atoms with Crippen LogP contribution in [0.3, 0.4) is 0 Å². The van der Waals surface area contributed by atoms with Gasteiger partial charge < -0.3 is 15.4 Å². The highest BCUT2D eigenvalue weighted by molar-refractivity contribution is 7.88. The van der Waals surface area contributed by atoms with E-state index in [9.17, 15) is 8.42 Å². The Kier molecular flexibility index (Phi) is 8.69. The number of rotatable bonds is 8. The van der Waals surface area contributed by atoms with Crippen molar-refractivity contribution in [2.24, 2.45) is 4.99 Å². The number of ether oxygens (including phenoxy) is 1. The molecule has 0 aromatic rings. The molecule has 1 atom stereocenters. The Morgan fingerprint density at radius 1 is 1.44 bits per heavy atom. The molecule has 0 aliphatic rings. The summed E-state index contributed by atoms with van der Waals surface area (Å²) in [4.78, 5) is 4.25. The lowest BCUT2D eigenvalue weighted by molar-refractivity contribution is 0.179. The van der Waals surface area contributed by atoms with Gasteiger partial charge in [0.15, 0.2) is 5.96 Å². The van der Waals surface area contributed by atoms with E-state index in [4.69, 9.17) is 4.74 Å². The molecule has 0 bridgehead atoms. The Labute approximate surface area is 109 Å². The highest BCUT2D eigenvalue weighted by atomic mass is 32.2. The van der Waals surface area contributed by atoms with E-state index in [-0.39, 0.29) is 12.6 Å². The van der Waals surface area contributed by atoms with Crippen molar-refractivity contribution in [1.82, 2.24) is 15.4 Å². The van der Waals surface area contributed by atoms with Crippen LogP contribution in [0.15, 0.2) is 4.99 Å². The summed E-state index contributed by atoms with van der Waals surface area (Å²) in [6.45, 7) is 5.92. The van der Waals surface area contributed by atoms with Crippen molar-refractivity contribution in [3.63, 3.8) is 0 Å². The van der Waals surface area contributed by atoms with Gasteiger partial charge in [0, 0.05) is 26.2 Å². The summed E-state index contributed by atoms with van der Waals surface area (Å²) in [7, 11) is -1.51. The Morgan fingerprint density at radius 3 is 2.61 bits per heavy atom. The minimum atomic E-state index is -3.15. The molecule has 0 aromatic carbocycles. The Hall–Kier alpha value is -0.860. The van der Waals surface area contributed by atoms with Crippen molar-refractivity contribution in [2.45, 2.75) is 19.9 Å². The lowest BCUT2D eigenvalue weighted by Crippen LogP contribution is -2.44. The lowest BCUT2D eigenvalue weighted by atomic mass is 10.4. The number of hydrogen-bond acceptors (Lipinski definition) is 4. The van der Waals surface area contributed by atoms with Crippen LogP contribution < -0.4 is 15.4 Å². The SMILES string of the molecule is CCNC(=NCCNS(C)(=O)=O)NC(C)COC. The maximum Gasteiger partial charge on any atom is 0.208 e. The normalized spacial score (nSPS) is 14.3. The summed E-state index contributed by atoms with van der Waals surface area (Å²) < 4.78 is 29.1. The van der Waals surface area contributed by atoms with Crippen LogP contribution in [0, 0.1) is 0 Å². The van der Waals surface area contributed by atoms with Gasteiger partial charge in [-0.3, -0.25) is 4.99 Å². The zero-order chi connectivity index (χ0) is 14.0. The van der Waals surface area contributed by atoms with Crippen LogP contribution >= 0.6 is 0 Å². The number of methoxy groups -OCH3 is 1. The molecule has 0 fully saturated rings. The zero-order valence-corrected chi connectivity index (χ0v) is 12.3. The van der Waals surface area contributed by atoms with Gasteiger partial charge in [0.05, 0.1) is 19.4 Å². The summed E-state index contributed by atoms with van der Waals surface area (Å²) in [5.41, 5.74) is 0. The van der Waals surface area contributed by atoms with Crippen LogP contribution in [0.5, 0.6) is 0 Å². The molecule has 0 aliphatic carbocycles. The Balaban J connectivity index is 4.14. The summed E-state index contributed by atoms with van der Waals surface area (Å²) in [5.74, 6) is 0.650. The van der Waals surface area contributed by atoms with E-state index in [1.54, 1.807) is 7.11 Å². The van der Waals surface area contributed by atoms with Gasteiger partial charge in [-0.2, -0.15) is 0 Å². The van der Waals surface area contributed by atoms with Gasteiger partial charge in [-0.15, -0.1) is 0 Å². The summed E-state index contributed by atoms with van der Waals surface area (Å²) in [6, 6.07) is 0.135. The molecule has 3 N–H and O–H groups in total. The minimum Gasteiger partial charge on any atom is -0.383 e. The van der Waals surface area contributed by atoms with Gasteiger partial charge in [-0.05, 0) is 13.8 Å². The second kappa shape index (κ2) is 9.12. The van der Waals surface area contributed by atoms with E-state index in [0.717, 1.165) is 12.8 Å². The smallest absolute Gasteiger partial charge is 0.208 e. The Morgan fingerprint density at radius 2 is 2.11 bits per heavy atom. The first-order chi connectivity index (χ1) is 8.39. The van der Waals surface area contributed by atoms with Crippen LogP contribution in [-0.4, -0.2) is 60.0 Å². The van der Waals surface area contributed by atoms with Crippen molar-refractivity contribution >= 4 is 16.0 Å². The van der Waals surface area contributed by atoms with Crippen molar-refractivity contribution in [2.75, 3.05) is 39.6 Å². The summed E-state index contributed by atoms with van der Waals surface area (Å²) in [6.07, 6.45) is 1.13. The minimum absolute atomic E-state index is 0.135. The number of guanidine groups is 1. The molecule has 0 aromatic heterocycles. The van der Waals surface area contributed by atoms with Crippen LogP contribution in [0.1, 0.15) is 13.8 Å². The average Bonchev–Trinajstić information content (AvgIpc) is 2.23. The average molecular weight is 280 g/mol. The number of aliphatic imine (C=N–C) groups is 1. The monoisotopic (exact) mass is 280 g/mol. The van der Waals surface area contributed by atoms with E-state index in [1.807, 2.05) is 13.8 Å². The molecule has 18 heavy (non-hydrogen) atoms. The summed E-state index contributed by atoms with van der Waals surface area (Å²) >= 11 is 0. The fourth-order valence-corrected chi connectivity index (χ4v) is 1.71. The van der Waals surface area contributed by atoms with Crippen molar-refractivity contribution in [3.8, 4) is 0 Å². The third-order valence-corrected chi connectivity index (χ3v) is 2.62. The van der Waals surface area contributed by atoms with Crippen molar-refractivity contribution in [3.05, 3.63) is 0 Å². The third-order valence-electron chi connectivity index (χ3n) is 1.89. The molecule has 1 unspecified atom stereocenters. The molecule has 0 heterocycles. The maximum absolute atomic E-state index is 10.9. The van der Waals surface area contributed by atoms with Gasteiger partial charge in [0.2, 0.25) is 10.0 Å². The topological polar surface area (TPSA) is 91.8 Å². The number of nitrogens with one attached hydrogen (secondary N) is 3. The largest absolute Gasteiger partial charge is 0.383 e. The second-order valence-corrected chi connectivity index (χ2v) is 5.76. The van der Waals surface area contributed by atoms with E-state index in [1.165, 1.54) is 0 Å². The maximum atomic E-state index is 10.9. The first-order valence-corrected chi connectivity index (χ1v) is 7.76. The van der Waals surface area contributed by atoms with E-state index in [2.05, 4.69) is 20.3 Å². The standard InChI is InChI=1S/C10H24N4O3S/c1-5-11-10(14-9(2)8-17-3)12-6-7-13-18(4,15)16/h9,13H,5-8H2,1-4H3,(H2,11,12,14). The molecule has 0 saturated carbocycles. The molecular weight excluding hydrogens is 256 g/mol. The first kappa shape index (κ1) is 17.1. The highest BCUT2D eigenvalue weighted by Gasteiger charge is 2.04. The molecule has 108 valence electrons. The third kappa shape index (κ3) is 10.3. The summed E-state index contributed by atoms with van der Waals surface area (Å²) in [5, 5.41) is 6.23. The molecule has 0 radical (unpaired) electrons. The zero-order valence-electron chi connectivity index (χ0n) is 11.5. The Bertz CT molecular complexity index is 343. The molecule has 0 saturated heterocycles.